The van der Waals surface area contributed by atoms with Crippen LogP contribution in [0.15, 0.2) is 36.5 Å². The number of aryl methyl sites for hydroxylation is 2. The molecule has 92 valence electrons. The number of aromatic nitrogens is 1. The van der Waals surface area contributed by atoms with Crippen molar-refractivity contribution in [2.75, 3.05) is 5.32 Å². The quantitative estimate of drug-likeness (QED) is 0.851. The van der Waals surface area contributed by atoms with Gasteiger partial charge in [0.1, 0.15) is 5.75 Å². The number of aromatic hydroxyl groups is 1. The minimum absolute atomic E-state index is 0.0254. The van der Waals surface area contributed by atoms with Gasteiger partial charge in [0.2, 0.25) is 0 Å². The summed E-state index contributed by atoms with van der Waals surface area (Å²) < 4.78 is 0. The van der Waals surface area contributed by atoms with Crippen LogP contribution >= 0.6 is 0 Å². The molecule has 0 aliphatic carbocycles. The Morgan fingerprint density at radius 1 is 1.28 bits per heavy atom. The third kappa shape index (κ3) is 2.48. The minimum Gasteiger partial charge on any atom is -0.505 e. The van der Waals surface area contributed by atoms with E-state index in [-0.39, 0.29) is 11.4 Å². The van der Waals surface area contributed by atoms with Crippen LogP contribution in [0.3, 0.4) is 0 Å². The van der Waals surface area contributed by atoms with Gasteiger partial charge in [-0.3, -0.25) is 4.79 Å². The van der Waals surface area contributed by atoms with Crippen molar-refractivity contribution in [3.63, 3.8) is 0 Å². The van der Waals surface area contributed by atoms with Gasteiger partial charge >= 0.3 is 0 Å². The molecular weight excluding hydrogens is 228 g/mol. The van der Waals surface area contributed by atoms with Gasteiger partial charge in [-0.2, -0.15) is 0 Å². The first-order chi connectivity index (χ1) is 8.58. The number of anilines is 1. The van der Waals surface area contributed by atoms with Crippen molar-refractivity contribution in [2.24, 2.45) is 0 Å². The summed E-state index contributed by atoms with van der Waals surface area (Å²) in [5, 5.41) is 12.3. The summed E-state index contributed by atoms with van der Waals surface area (Å²) in [6, 6.07) is 8.74. The van der Waals surface area contributed by atoms with Gasteiger partial charge in [-0.25, -0.2) is 4.98 Å². The van der Waals surface area contributed by atoms with Crippen LogP contribution in [0.2, 0.25) is 0 Å². The molecule has 0 spiro atoms. The molecule has 18 heavy (non-hydrogen) atoms. The molecule has 1 amide bonds. The lowest BCUT2D eigenvalue weighted by atomic mass is 10.1. The van der Waals surface area contributed by atoms with E-state index in [2.05, 4.69) is 10.3 Å². The molecule has 2 aromatic rings. The van der Waals surface area contributed by atoms with Crippen LogP contribution in [-0.4, -0.2) is 16.0 Å². The Hall–Kier alpha value is -2.36. The van der Waals surface area contributed by atoms with Gasteiger partial charge < -0.3 is 10.4 Å². The molecule has 0 radical (unpaired) electrons. The molecule has 0 unspecified atom stereocenters. The van der Waals surface area contributed by atoms with E-state index in [1.165, 1.54) is 12.3 Å². The molecule has 0 saturated carbocycles. The maximum Gasteiger partial charge on any atom is 0.278 e. The fraction of sp³-hybridized carbons (Fsp3) is 0.143. The van der Waals surface area contributed by atoms with E-state index in [9.17, 15) is 9.90 Å². The van der Waals surface area contributed by atoms with Crippen LogP contribution < -0.4 is 5.32 Å². The number of carbonyl (C=O) groups is 1. The van der Waals surface area contributed by atoms with E-state index in [1.54, 1.807) is 6.07 Å². The molecule has 1 heterocycles. The summed E-state index contributed by atoms with van der Waals surface area (Å²) in [4.78, 5) is 15.8. The number of amides is 1. The molecule has 2 N–H and O–H groups in total. The van der Waals surface area contributed by atoms with E-state index < -0.39 is 5.91 Å². The lowest BCUT2D eigenvalue weighted by Gasteiger charge is -2.09. The second-order valence-corrected chi connectivity index (χ2v) is 4.14. The van der Waals surface area contributed by atoms with E-state index >= 15 is 0 Å². The fourth-order valence-electron chi connectivity index (χ4n) is 1.71. The minimum atomic E-state index is -0.417. The number of carbonyl (C=O) groups excluding carboxylic acids is 1. The fourth-order valence-corrected chi connectivity index (χ4v) is 1.71. The molecule has 4 heteroatoms. The van der Waals surface area contributed by atoms with Gasteiger partial charge in [-0.15, -0.1) is 0 Å². The third-order valence-electron chi connectivity index (χ3n) is 2.63. The molecule has 0 bridgehead atoms. The standard InChI is InChI=1S/C14H14N2O2/c1-9-5-6-11(10(2)8-9)16-14(18)13-12(17)4-3-7-15-13/h3-8,17H,1-2H3,(H,16,18). The summed E-state index contributed by atoms with van der Waals surface area (Å²) in [6.45, 7) is 3.91. The van der Waals surface area contributed by atoms with Crippen LogP contribution in [0, 0.1) is 13.8 Å². The van der Waals surface area contributed by atoms with Gasteiger partial charge in [-0.05, 0) is 37.6 Å². The van der Waals surface area contributed by atoms with Crippen molar-refractivity contribution in [2.45, 2.75) is 13.8 Å². The Labute approximate surface area is 105 Å². The zero-order valence-corrected chi connectivity index (χ0v) is 10.3. The van der Waals surface area contributed by atoms with Crippen molar-refractivity contribution in [1.82, 2.24) is 4.98 Å². The molecule has 1 aromatic heterocycles. The summed E-state index contributed by atoms with van der Waals surface area (Å²) in [5.41, 5.74) is 2.85. The van der Waals surface area contributed by atoms with E-state index in [4.69, 9.17) is 0 Å². The molecule has 0 saturated heterocycles. The number of benzene rings is 1. The summed E-state index contributed by atoms with van der Waals surface area (Å²) >= 11 is 0. The summed E-state index contributed by atoms with van der Waals surface area (Å²) in [7, 11) is 0. The van der Waals surface area contributed by atoms with Crippen LogP contribution in [0.25, 0.3) is 0 Å². The average Bonchev–Trinajstić information content (AvgIpc) is 2.33. The molecule has 0 atom stereocenters. The highest BCUT2D eigenvalue weighted by Crippen LogP contribution is 2.19. The second-order valence-electron chi connectivity index (χ2n) is 4.14. The second kappa shape index (κ2) is 4.87. The third-order valence-corrected chi connectivity index (χ3v) is 2.63. The molecule has 1 aromatic carbocycles. The summed E-state index contributed by atoms with van der Waals surface area (Å²) in [6.07, 6.45) is 1.47. The first-order valence-corrected chi connectivity index (χ1v) is 5.60. The van der Waals surface area contributed by atoms with Gasteiger partial charge in [0.05, 0.1) is 0 Å². The Morgan fingerprint density at radius 2 is 2.06 bits per heavy atom. The predicted octanol–water partition coefficient (Wildman–Crippen LogP) is 2.66. The predicted molar refractivity (Wildman–Crippen MR) is 69.8 cm³/mol. The van der Waals surface area contributed by atoms with Crippen LogP contribution in [0.1, 0.15) is 21.6 Å². The van der Waals surface area contributed by atoms with Crippen molar-refractivity contribution in [1.29, 1.82) is 0 Å². The summed E-state index contributed by atoms with van der Waals surface area (Å²) in [5.74, 6) is -0.542. The average molecular weight is 242 g/mol. The maximum atomic E-state index is 11.9. The SMILES string of the molecule is Cc1ccc(NC(=O)c2ncccc2O)c(C)c1. The Balaban J connectivity index is 2.24. The van der Waals surface area contributed by atoms with Crippen molar-refractivity contribution in [3.05, 3.63) is 53.3 Å². The smallest absolute Gasteiger partial charge is 0.278 e. The van der Waals surface area contributed by atoms with Crippen LogP contribution in [-0.2, 0) is 0 Å². The first kappa shape index (κ1) is 12.1. The monoisotopic (exact) mass is 242 g/mol. The zero-order valence-electron chi connectivity index (χ0n) is 10.3. The van der Waals surface area contributed by atoms with Gasteiger partial charge in [0.15, 0.2) is 5.69 Å². The van der Waals surface area contributed by atoms with Crippen molar-refractivity contribution in [3.8, 4) is 5.75 Å². The first-order valence-electron chi connectivity index (χ1n) is 5.60. The lowest BCUT2D eigenvalue weighted by Crippen LogP contribution is -2.14. The highest BCUT2D eigenvalue weighted by atomic mass is 16.3. The number of hydrogen-bond donors (Lipinski definition) is 2. The van der Waals surface area contributed by atoms with E-state index in [0.29, 0.717) is 0 Å². The Morgan fingerprint density at radius 3 is 2.72 bits per heavy atom. The molecule has 0 fully saturated rings. The van der Waals surface area contributed by atoms with Crippen molar-refractivity contribution < 1.29 is 9.90 Å². The number of nitrogens with zero attached hydrogens (tertiary/aromatic N) is 1. The normalized spacial score (nSPS) is 10.1. The van der Waals surface area contributed by atoms with Gasteiger partial charge in [0, 0.05) is 11.9 Å². The molecule has 2 rings (SSSR count). The topological polar surface area (TPSA) is 62.2 Å². The van der Waals surface area contributed by atoms with Gasteiger partial charge in [-0.1, -0.05) is 17.7 Å². The Kier molecular flexibility index (Phi) is 3.28. The van der Waals surface area contributed by atoms with E-state index in [1.807, 2.05) is 32.0 Å². The molecule has 0 aliphatic rings. The highest BCUT2D eigenvalue weighted by molar-refractivity contribution is 6.04. The molecule has 4 nitrogen and oxygen atoms in total. The van der Waals surface area contributed by atoms with Crippen molar-refractivity contribution >= 4 is 11.6 Å². The van der Waals surface area contributed by atoms with Crippen LogP contribution in [0.5, 0.6) is 5.75 Å². The highest BCUT2D eigenvalue weighted by Gasteiger charge is 2.13. The van der Waals surface area contributed by atoms with Crippen LogP contribution in [0.4, 0.5) is 5.69 Å². The molecule has 0 aliphatic heterocycles. The number of pyridine rings is 1. The lowest BCUT2D eigenvalue weighted by molar-refractivity contribution is 0.101. The number of nitrogens with one attached hydrogen (secondary N) is 1. The van der Waals surface area contributed by atoms with Gasteiger partial charge in [0.25, 0.3) is 5.91 Å². The maximum absolute atomic E-state index is 11.9. The number of hydrogen-bond acceptors (Lipinski definition) is 3. The zero-order chi connectivity index (χ0) is 13.1. The largest absolute Gasteiger partial charge is 0.505 e. The van der Waals surface area contributed by atoms with E-state index in [0.717, 1.165) is 16.8 Å². The molecular formula is C14H14N2O2. The Bertz CT molecular complexity index is 594. The number of rotatable bonds is 2.